The van der Waals surface area contributed by atoms with Crippen molar-refractivity contribution in [1.29, 1.82) is 0 Å². The van der Waals surface area contributed by atoms with Crippen molar-refractivity contribution in [1.82, 2.24) is 4.57 Å². The minimum absolute atomic E-state index is 0.0914. The number of nitrogens with zero attached hydrogens (tertiary/aromatic N) is 1. The molecule has 0 aliphatic carbocycles. The molecule has 0 saturated heterocycles. The number of ether oxygens (including phenoxy) is 2. The zero-order valence-corrected chi connectivity index (χ0v) is 16.9. The number of aromatic nitrogens is 1. The van der Waals surface area contributed by atoms with Crippen molar-refractivity contribution in [3.63, 3.8) is 0 Å². The SMILES string of the molecule is CCOc1c(C)cc(Cc2sc(=S)n(CC(=O)O)c2O)c(C)c1OCC. The highest BCUT2D eigenvalue weighted by Crippen LogP contribution is 2.39. The monoisotopic (exact) mass is 397 g/mol. The van der Waals surface area contributed by atoms with Crippen LogP contribution in [0.3, 0.4) is 0 Å². The highest BCUT2D eigenvalue weighted by Gasteiger charge is 2.19. The van der Waals surface area contributed by atoms with Gasteiger partial charge >= 0.3 is 5.97 Å². The van der Waals surface area contributed by atoms with E-state index in [2.05, 4.69) is 0 Å². The Kier molecular flexibility index (Phi) is 6.66. The maximum Gasteiger partial charge on any atom is 0.323 e. The Labute approximate surface area is 161 Å². The average molecular weight is 398 g/mol. The second-order valence-electron chi connectivity index (χ2n) is 5.77. The Bertz CT molecular complexity index is 869. The minimum Gasteiger partial charge on any atom is -0.494 e. The number of aliphatic carboxylic acids is 1. The van der Waals surface area contributed by atoms with Gasteiger partial charge in [0.1, 0.15) is 6.54 Å². The molecule has 0 saturated carbocycles. The van der Waals surface area contributed by atoms with Crippen LogP contribution in [-0.2, 0) is 17.8 Å². The van der Waals surface area contributed by atoms with Crippen LogP contribution in [0, 0.1) is 17.8 Å². The Morgan fingerprint density at radius 1 is 1.23 bits per heavy atom. The second-order valence-corrected chi connectivity index (χ2v) is 7.50. The Morgan fingerprint density at radius 2 is 1.85 bits per heavy atom. The Balaban J connectivity index is 2.47. The molecule has 0 amide bonds. The van der Waals surface area contributed by atoms with Gasteiger partial charge in [-0.1, -0.05) is 6.07 Å². The number of thiazole rings is 1. The van der Waals surface area contributed by atoms with Crippen LogP contribution in [0.1, 0.15) is 35.4 Å². The van der Waals surface area contributed by atoms with Crippen LogP contribution in [0.15, 0.2) is 6.07 Å². The van der Waals surface area contributed by atoms with E-state index in [9.17, 15) is 9.90 Å². The van der Waals surface area contributed by atoms with Gasteiger partial charge in [-0.3, -0.25) is 9.36 Å². The van der Waals surface area contributed by atoms with E-state index in [4.69, 9.17) is 26.8 Å². The van der Waals surface area contributed by atoms with E-state index in [0.29, 0.717) is 34.2 Å². The molecule has 8 heteroatoms. The van der Waals surface area contributed by atoms with Gasteiger partial charge in [0.15, 0.2) is 15.5 Å². The van der Waals surface area contributed by atoms with Crippen LogP contribution in [0.25, 0.3) is 0 Å². The van der Waals surface area contributed by atoms with Crippen molar-refractivity contribution >= 4 is 29.5 Å². The molecular weight excluding hydrogens is 374 g/mol. The summed E-state index contributed by atoms with van der Waals surface area (Å²) in [6.07, 6.45) is 0.436. The fraction of sp³-hybridized carbons (Fsp3) is 0.444. The number of aryl methyl sites for hydroxylation is 1. The minimum atomic E-state index is -1.05. The molecule has 0 unspecified atom stereocenters. The lowest BCUT2D eigenvalue weighted by Crippen LogP contribution is -2.08. The molecular formula is C18H23NO5S2. The molecule has 1 heterocycles. The van der Waals surface area contributed by atoms with Gasteiger partial charge in [0.05, 0.1) is 18.1 Å². The third-order valence-electron chi connectivity index (χ3n) is 3.94. The number of rotatable bonds is 8. The second kappa shape index (κ2) is 8.55. The normalized spacial score (nSPS) is 10.8. The Hall–Kier alpha value is -2.06. The number of carboxylic acid groups (broad SMARTS) is 1. The first-order valence-corrected chi connectivity index (χ1v) is 9.54. The van der Waals surface area contributed by atoms with E-state index < -0.39 is 5.97 Å². The van der Waals surface area contributed by atoms with Crippen molar-refractivity contribution in [3.05, 3.63) is 31.6 Å². The molecule has 2 aromatic rings. The summed E-state index contributed by atoms with van der Waals surface area (Å²) in [5.74, 6) is 0.298. The first-order valence-electron chi connectivity index (χ1n) is 8.31. The van der Waals surface area contributed by atoms with Crippen molar-refractivity contribution in [2.45, 2.75) is 40.7 Å². The van der Waals surface area contributed by atoms with Crippen LogP contribution in [0.5, 0.6) is 17.4 Å². The molecule has 2 N–H and O–H groups in total. The molecule has 142 valence electrons. The Morgan fingerprint density at radius 3 is 2.42 bits per heavy atom. The molecule has 0 fully saturated rings. The van der Waals surface area contributed by atoms with E-state index >= 15 is 0 Å². The zero-order chi connectivity index (χ0) is 19.4. The van der Waals surface area contributed by atoms with Gasteiger partial charge in [-0.25, -0.2) is 0 Å². The fourth-order valence-corrected chi connectivity index (χ4v) is 4.12. The number of carboxylic acids is 1. The molecule has 26 heavy (non-hydrogen) atoms. The van der Waals surface area contributed by atoms with Crippen LogP contribution >= 0.6 is 23.6 Å². The average Bonchev–Trinajstić information content (AvgIpc) is 2.82. The number of aromatic hydroxyl groups is 1. The smallest absolute Gasteiger partial charge is 0.323 e. The van der Waals surface area contributed by atoms with Gasteiger partial charge in [0.25, 0.3) is 0 Å². The molecule has 0 aliphatic rings. The zero-order valence-electron chi connectivity index (χ0n) is 15.3. The maximum absolute atomic E-state index is 11.0. The number of hydrogen-bond acceptors (Lipinski definition) is 6. The highest BCUT2D eigenvalue weighted by molar-refractivity contribution is 7.73. The maximum atomic E-state index is 11.0. The van der Waals surface area contributed by atoms with E-state index in [1.807, 2.05) is 33.8 Å². The third-order valence-corrected chi connectivity index (χ3v) is 5.37. The molecule has 0 bridgehead atoms. The topological polar surface area (TPSA) is 80.9 Å². The van der Waals surface area contributed by atoms with E-state index in [1.165, 1.54) is 15.9 Å². The molecule has 1 aromatic heterocycles. The van der Waals surface area contributed by atoms with Gasteiger partial charge in [-0.2, -0.15) is 0 Å². The van der Waals surface area contributed by atoms with Crippen LogP contribution < -0.4 is 9.47 Å². The number of carbonyl (C=O) groups is 1. The van der Waals surface area contributed by atoms with Crippen molar-refractivity contribution in [2.24, 2.45) is 0 Å². The van der Waals surface area contributed by atoms with Crippen molar-refractivity contribution in [3.8, 4) is 17.4 Å². The molecule has 0 aliphatic heterocycles. The molecule has 2 rings (SSSR count). The highest BCUT2D eigenvalue weighted by atomic mass is 32.1. The predicted octanol–water partition coefficient (Wildman–Crippen LogP) is 4.07. The number of hydrogen-bond donors (Lipinski definition) is 2. The lowest BCUT2D eigenvalue weighted by molar-refractivity contribution is -0.137. The van der Waals surface area contributed by atoms with Crippen LogP contribution in [0.4, 0.5) is 0 Å². The van der Waals surface area contributed by atoms with E-state index in [-0.39, 0.29) is 12.4 Å². The summed E-state index contributed by atoms with van der Waals surface area (Å²) in [6.45, 7) is 8.45. The largest absolute Gasteiger partial charge is 0.494 e. The summed E-state index contributed by atoms with van der Waals surface area (Å²) in [4.78, 5) is 11.6. The van der Waals surface area contributed by atoms with Crippen molar-refractivity contribution in [2.75, 3.05) is 13.2 Å². The quantitative estimate of drug-likeness (QED) is 0.654. The summed E-state index contributed by atoms with van der Waals surface area (Å²) in [5.41, 5.74) is 2.86. The fourth-order valence-electron chi connectivity index (χ4n) is 2.76. The van der Waals surface area contributed by atoms with Gasteiger partial charge in [-0.05, 0) is 56.6 Å². The van der Waals surface area contributed by atoms with E-state index in [1.54, 1.807) is 0 Å². The first-order chi connectivity index (χ1) is 12.3. The summed E-state index contributed by atoms with van der Waals surface area (Å²) < 4.78 is 13.1. The summed E-state index contributed by atoms with van der Waals surface area (Å²) in [7, 11) is 0. The molecule has 0 radical (unpaired) electrons. The van der Waals surface area contributed by atoms with Gasteiger partial charge in [0, 0.05) is 6.42 Å². The van der Waals surface area contributed by atoms with Crippen LogP contribution in [0.2, 0.25) is 0 Å². The summed E-state index contributed by atoms with van der Waals surface area (Å²) in [6, 6.07) is 2.01. The molecule has 1 aromatic carbocycles. The standard InChI is InChI=1S/C18H23NO5S2/c1-5-23-15-10(3)7-12(11(4)16(15)24-6-2)8-13-17(22)19(9-14(20)21)18(25)26-13/h7,22H,5-6,8-9H2,1-4H3,(H,20,21). The van der Waals surface area contributed by atoms with Gasteiger partial charge < -0.3 is 19.7 Å². The van der Waals surface area contributed by atoms with Crippen LogP contribution in [-0.4, -0.2) is 34.0 Å². The number of benzene rings is 1. The summed E-state index contributed by atoms with van der Waals surface area (Å²) in [5, 5.41) is 19.3. The predicted molar refractivity (Wildman–Crippen MR) is 104 cm³/mol. The van der Waals surface area contributed by atoms with Gasteiger partial charge in [0.2, 0.25) is 5.88 Å². The van der Waals surface area contributed by atoms with Gasteiger partial charge in [-0.15, -0.1) is 11.3 Å². The van der Waals surface area contributed by atoms with Crippen molar-refractivity contribution < 1.29 is 24.5 Å². The molecule has 0 atom stereocenters. The first kappa shape index (κ1) is 20.3. The molecule has 0 spiro atoms. The lowest BCUT2D eigenvalue weighted by atomic mass is 10.00. The lowest BCUT2D eigenvalue weighted by Gasteiger charge is -2.18. The van der Waals surface area contributed by atoms with E-state index in [0.717, 1.165) is 22.4 Å². The summed E-state index contributed by atoms with van der Waals surface area (Å²) >= 11 is 6.41. The third kappa shape index (κ3) is 4.19. The molecule has 6 nitrogen and oxygen atoms in total.